The lowest BCUT2D eigenvalue weighted by Crippen LogP contribution is -2.45. The van der Waals surface area contributed by atoms with Gasteiger partial charge in [-0.25, -0.2) is 0 Å². The first kappa shape index (κ1) is 14.3. The number of carbonyl (C=O) groups excluding carboxylic acids is 1. The average Bonchev–Trinajstić information content (AvgIpc) is 2.21. The summed E-state index contributed by atoms with van der Waals surface area (Å²) in [6.07, 6.45) is -1.06. The molecular formula is C10H22N2O3. The zero-order chi connectivity index (χ0) is 11.8. The summed E-state index contributed by atoms with van der Waals surface area (Å²) < 4.78 is 0. The SMILES string of the molecule is CC(C)C(C)NCC(O)C(=O)NCCO. The molecule has 0 fully saturated rings. The van der Waals surface area contributed by atoms with E-state index in [-0.39, 0.29) is 25.7 Å². The van der Waals surface area contributed by atoms with Gasteiger partial charge >= 0.3 is 0 Å². The maximum Gasteiger partial charge on any atom is 0.250 e. The highest BCUT2D eigenvalue weighted by Crippen LogP contribution is 1.99. The Balaban J connectivity index is 3.72. The molecule has 0 aromatic rings. The Kier molecular flexibility index (Phi) is 7.29. The summed E-state index contributed by atoms with van der Waals surface area (Å²) >= 11 is 0. The molecule has 0 aliphatic carbocycles. The van der Waals surface area contributed by atoms with Gasteiger partial charge in [-0.05, 0) is 12.8 Å². The fourth-order valence-electron chi connectivity index (χ4n) is 0.923. The van der Waals surface area contributed by atoms with Crippen molar-refractivity contribution in [3.63, 3.8) is 0 Å². The molecular weight excluding hydrogens is 196 g/mol. The highest BCUT2D eigenvalue weighted by atomic mass is 16.3. The molecule has 0 radical (unpaired) electrons. The molecule has 0 bridgehead atoms. The van der Waals surface area contributed by atoms with E-state index in [9.17, 15) is 9.90 Å². The fraction of sp³-hybridized carbons (Fsp3) is 0.900. The molecule has 15 heavy (non-hydrogen) atoms. The number of aliphatic hydroxyl groups excluding tert-OH is 2. The molecule has 0 saturated heterocycles. The lowest BCUT2D eigenvalue weighted by Gasteiger charge is -2.19. The third kappa shape index (κ3) is 6.43. The third-order valence-corrected chi connectivity index (χ3v) is 2.35. The molecule has 0 aromatic carbocycles. The van der Waals surface area contributed by atoms with Gasteiger partial charge in [0.2, 0.25) is 5.91 Å². The first-order chi connectivity index (χ1) is 6.99. The first-order valence-electron chi connectivity index (χ1n) is 5.29. The van der Waals surface area contributed by atoms with Crippen LogP contribution in [0, 0.1) is 5.92 Å². The van der Waals surface area contributed by atoms with E-state index < -0.39 is 12.0 Å². The smallest absolute Gasteiger partial charge is 0.250 e. The summed E-state index contributed by atoms with van der Waals surface area (Å²) in [6.45, 7) is 6.43. The van der Waals surface area contributed by atoms with E-state index >= 15 is 0 Å². The van der Waals surface area contributed by atoms with E-state index in [0.717, 1.165) is 0 Å². The molecule has 0 aliphatic rings. The quantitative estimate of drug-likeness (QED) is 0.446. The number of hydrogen-bond acceptors (Lipinski definition) is 4. The van der Waals surface area contributed by atoms with E-state index in [1.54, 1.807) is 0 Å². The van der Waals surface area contributed by atoms with Crippen LogP contribution in [0.15, 0.2) is 0 Å². The Morgan fingerprint density at radius 2 is 1.93 bits per heavy atom. The summed E-state index contributed by atoms with van der Waals surface area (Å²) in [6, 6.07) is 0.255. The molecule has 0 heterocycles. The standard InChI is InChI=1S/C10H22N2O3/c1-7(2)8(3)12-6-9(14)10(15)11-4-5-13/h7-9,12-14H,4-6H2,1-3H3,(H,11,15). The molecule has 5 heteroatoms. The zero-order valence-electron chi connectivity index (χ0n) is 9.66. The van der Waals surface area contributed by atoms with Crippen molar-refractivity contribution in [2.45, 2.75) is 32.9 Å². The van der Waals surface area contributed by atoms with Gasteiger partial charge in [0.15, 0.2) is 0 Å². The Labute approximate surface area is 90.9 Å². The van der Waals surface area contributed by atoms with Crippen molar-refractivity contribution >= 4 is 5.91 Å². The van der Waals surface area contributed by atoms with Crippen LogP contribution < -0.4 is 10.6 Å². The molecule has 0 rings (SSSR count). The van der Waals surface area contributed by atoms with Gasteiger partial charge < -0.3 is 20.8 Å². The summed E-state index contributed by atoms with van der Waals surface area (Å²) in [5.41, 5.74) is 0. The number of carbonyl (C=O) groups is 1. The van der Waals surface area contributed by atoms with Crippen molar-refractivity contribution in [1.82, 2.24) is 10.6 Å². The molecule has 2 atom stereocenters. The summed E-state index contributed by atoms with van der Waals surface area (Å²) in [5.74, 6) is 0.00482. The second-order valence-corrected chi connectivity index (χ2v) is 3.97. The predicted octanol–water partition coefficient (Wildman–Crippen LogP) is -0.910. The molecule has 90 valence electrons. The molecule has 0 aliphatic heterocycles. The van der Waals surface area contributed by atoms with Crippen LogP contribution in [0.5, 0.6) is 0 Å². The Bertz CT molecular complexity index is 186. The van der Waals surface area contributed by atoms with Gasteiger partial charge in [0.25, 0.3) is 0 Å². The number of hydrogen-bond donors (Lipinski definition) is 4. The number of rotatable bonds is 7. The predicted molar refractivity (Wildman–Crippen MR) is 58.4 cm³/mol. The molecule has 0 spiro atoms. The topological polar surface area (TPSA) is 81.6 Å². The summed E-state index contributed by atoms with van der Waals surface area (Å²) in [5, 5.41) is 23.4. The van der Waals surface area contributed by atoms with Crippen LogP contribution in [-0.2, 0) is 4.79 Å². The van der Waals surface area contributed by atoms with Crippen molar-refractivity contribution in [3.05, 3.63) is 0 Å². The minimum Gasteiger partial charge on any atom is -0.395 e. The maximum atomic E-state index is 11.2. The average molecular weight is 218 g/mol. The third-order valence-electron chi connectivity index (χ3n) is 2.35. The van der Waals surface area contributed by atoms with Crippen molar-refractivity contribution in [3.8, 4) is 0 Å². The summed E-state index contributed by atoms with van der Waals surface area (Å²) in [4.78, 5) is 11.2. The summed E-state index contributed by atoms with van der Waals surface area (Å²) in [7, 11) is 0. The van der Waals surface area contributed by atoms with Crippen molar-refractivity contribution in [2.75, 3.05) is 19.7 Å². The highest BCUT2D eigenvalue weighted by molar-refractivity contribution is 5.80. The second-order valence-electron chi connectivity index (χ2n) is 3.97. The van der Waals surface area contributed by atoms with Crippen LogP contribution in [0.4, 0.5) is 0 Å². The van der Waals surface area contributed by atoms with Crippen molar-refractivity contribution in [2.24, 2.45) is 5.92 Å². The fourth-order valence-corrected chi connectivity index (χ4v) is 0.923. The van der Waals surface area contributed by atoms with Gasteiger partial charge in [-0.15, -0.1) is 0 Å². The lowest BCUT2D eigenvalue weighted by atomic mass is 10.1. The van der Waals surface area contributed by atoms with Crippen molar-refractivity contribution < 1.29 is 15.0 Å². The highest BCUT2D eigenvalue weighted by Gasteiger charge is 2.15. The van der Waals surface area contributed by atoms with Gasteiger partial charge in [-0.2, -0.15) is 0 Å². The Morgan fingerprint density at radius 1 is 1.33 bits per heavy atom. The van der Waals surface area contributed by atoms with E-state index in [1.807, 2.05) is 6.92 Å². The zero-order valence-corrected chi connectivity index (χ0v) is 9.66. The maximum absolute atomic E-state index is 11.2. The van der Waals surface area contributed by atoms with E-state index in [4.69, 9.17) is 5.11 Å². The van der Waals surface area contributed by atoms with Gasteiger partial charge in [0, 0.05) is 19.1 Å². The van der Waals surface area contributed by atoms with E-state index in [0.29, 0.717) is 5.92 Å². The monoisotopic (exact) mass is 218 g/mol. The second kappa shape index (κ2) is 7.62. The minimum absolute atomic E-state index is 0.117. The number of amides is 1. The normalized spacial score (nSPS) is 15.1. The number of aliphatic hydroxyl groups is 2. The lowest BCUT2D eigenvalue weighted by molar-refractivity contribution is -0.129. The Hall–Kier alpha value is -0.650. The van der Waals surface area contributed by atoms with Gasteiger partial charge in [-0.1, -0.05) is 13.8 Å². The molecule has 2 unspecified atom stereocenters. The van der Waals surface area contributed by atoms with Crippen LogP contribution in [0.25, 0.3) is 0 Å². The Morgan fingerprint density at radius 3 is 2.40 bits per heavy atom. The molecule has 5 nitrogen and oxygen atoms in total. The number of nitrogens with one attached hydrogen (secondary N) is 2. The molecule has 1 amide bonds. The van der Waals surface area contributed by atoms with Crippen LogP contribution in [0.3, 0.4) is 0 Å². The van der Waals surface area contributed by atoms with Crippen molar-refractivity contribution in [1.29, 1.82) is 0 Å². The first-order valence-corrected chi connectivity index (χ1v) is 5.29. The molecule has 0 aromatic heterocycles. The molecule has 0 saturated carbocycles. The molecule has 4 N–H and O–H groups in total. The van der Waals surface area contributed by atoms with E-state index in [2.05, 4.69) is 24.5 Å². The van der Waals surface area contributed by atoms with E-state index in [1.165, 1.54) is 0 Å². The van der Waals surface area contributed by atoms with Crippen LogP contribution in [0.2, 0.25) is 0 Å². The van der Waals surface area contributed by atoms with Gasteiger partial charge in [0.1, 0.15) is 6.10 Å². The van der Waals surface area contributed by atoms with Crippen LogP contribution in [0.1, 0.15) is 20.8 Å². The largest absolute Gasteiger partial charge is 0.395 e. The minimum atomic E-state index is -1.06. The van der Waals surface area contributed by atoms with Crippen LogP contribution >= 0.6 is 0 Å². The van der Waals surface area contributed by atoms with Gasteiger partial charge in [0.05, 0.1) is 6.61 Å². The van der Waals surface area contributed by atoms with Crippen LogP contribution in [-0.4, -0.2) is 48.0 Å². The van der Waals surface area contributed by atoms with Gasteiger partial charge in [-0.3, -0.25) is 4.79 Å².